The first-order valence-corrected chi connectivity index (χ1v) is 7.54. The minimum atomic E-state index is -0.135. The van der Waals surface area contributed by atoms with Gasteiger partial charge in [-0.3, -0.25) is 4.68 Å². The van der Waals surface area contributed by atoms with Crippen molar-refractivity contribution in [1.29, 1.82) is 0 Å². The molecule has 0 aromatic carbocycles. The molecule has 21 heavy (non-hydrogen) atoms. The molecule has 0 aliphatic carbocycles. The zero-order chi connectivity index (χ0) is 14.8. The maximum atomic E-state index is 6.27. The summed E-state index contributed by atoms with van der Waals surface area (Å²) in [6.07, 6.45) is 4.72. The number of hydrogen-bond donors (Lipinski definition) is 0. The second kappa shape index (κ2) is 5.85. The van der Waals surface area contributed by atoms with Crippen LogP contribution in [0.5, 0.6) is 0 Å². The van der Waals surface area contributed by atoms with Crippen LogP contribution in [0.15, 0.2) is 30.6 Å². The standard InChI is InChI=1S/C15H18ClN5/c1-11-5-6-13-15(18-11)21(14(19-13)12(2)16)10-4-9-20-8-3-7-17-20/h3,5-8,12H,4,9-10H2,1-2H3. The van der Waals surface area contributed by atoms with E-state index in [2.05, 4.69) is 19.6 Å². The van der Waals surface area contributed by atoms with E-state index in [0.717, 1.165) is 42.2 Å². The summed E-state index contributed by atoms with van der Waals surface area (Å²) in [5.74, 6) is 0.880. The van der Waals surface area contributed by atoms with Crippen LogP contribution in [0.2, 0.25) is 0 Å². The van der Waals surface area contributed by atoms with E-state index in [1.54, 1.807) is 6.20 Å². The fourth-order valence-electron chi connectivity index (χ4n) is 2.46. The van der Waals surface area contributed by atoms with Crippen LogP contribution >= 0.6 is 11.6 Å². The number of pyridine rings is 1. The highest BCUT2D eigenvalue weighted by molar-refractivity contribution is 6.20. The van der Waals surface area contributed by atoms with E-state index in [-0.39, 0.29) is 5.38 Å². The fraction of sp³-hybridized carbons (Fsp3) is 0.400. The van der Waals surface area contributed by atoms with Crippen LogP contribution in [-0.4, -0.2) is 24.3 Å². The number of aryl methyl sites for hydroxylation is 3. The van der Waals surface area contributed by atoms with Crippen molar-refractivity contribution in [2.24, 2.45) is 0 Å². The highest BCUT2D eigenvalue weighted by atomic mass is 35.5. The van der Waals surface area contributed by atoms with Crippen LogP contribution < -0.4 is 0 Å². The summed E-state index contributed by atoms with van der Waals surface area (Å²) in [4.78, 5) is 9.23. The molecule has 1 unspecified atom stereocenters. The first kappa shape index (κ1) is 14.1. The molecule has 0 fully saturated rings. The molecule has 0 aliphatic heterocycles. The van der Waals surface area contributed by atoms with Crippen molar-refractivity contribution < 1.29 is 0 Å². The average molecular weight is 304 g/mol. The Morgan fingerprint density at radius 2 is 2.10 bits per heavy atom. The highest BCUT2D eigenvalue weighted by Gasteiger charge is 2.15. The van der Waals surface area contributed by atoms with Gasteiger partial charge in [0, 0.05) is 31.2 Å². The van der Waals surface area contributed by atoms with Crippen molar-refractivity contribution in [3.05, 3.63) is 42.1 Å². The number of aromatic nitrogens is 5. The molecule has 1 atom stereocenters. The molecule has 110 valence electrons. The van der Waals surface area contributed by atoms with Gasteiger partial charge in [0.15, 0.2) is 5.65 Å². The number of imidazole rings is 1. The third-order valence-electron chi connectivity index (χ3n) is 3.44. The molecule has 0 N–H and O–H groups in total. The van der Waals surface area contributed by atoms with Gasteiger partial charge in [-0.05, 0) is 38.5 Å². The van der Waals surface area contributed by atoms with Crippen molar-refractivity contribution in [2.75, 3.05) is 0 Å². The minimum Gasteiger partial charge on any atom is -0.311 e. The van der Waals surface area contributed by atoms with Crippen molar-refractivity contribution >= 4 is 22.8 Å². The second-order valence-electron chi connectivity index (χ2n) is 5.16. The molecule has 6 heteroatoms. The van der Waals surface area contributed by atoms with Gasteiger partial charge in [0.2, 0.25) is 0 Å². The summed E-state index contributed by atoms with van der Waals surface area (Å²) in [5, 5.41) is 4.08. The van der Waals surface area contributed by atoms with Crippen molar-refractivity contribution in [3.63, 3.8) is 0 Å². The molecule has 0 amide bonds. The maximum Gasteiger partial charge on any atom is 0.160 e. The number of fused-ring (bicyclic) bond motifs is 1. The lowest BCUT2D eigenvalue weighted by Crippen LogP contribution is -2.09. The summed E-state index contributed by atoms with van der Waals surface area (Å²) in [5.41, 5.74) is 2.81. The zero-order valence-electron chi connectivity index (χ0n) is 12.2. The Kier molecular flexibility index (Phi) is 3.92. The highest BCUT2D eigenvalue weighted by Crippen LogP contribution is 2.24. The quantitative estimate of drug-likeness (QED) is 0.679. The van der Waals surface area contributed by atoms with Gasteiger partial charge in [-0.1, -0.05) is 0 Å². The molecule has 0 spiro atoms. The predicted molar refractivity (Wildman–Crippen MR) is 83.4 cm³/mol. The van der Waals surface area contributed by atoms with E-state index in [4.69, 9.17) is 11.6 Å². The molecular formula is C15H18ClN5. The Labute approximate surface area is 128 Å². The Balaban J connectivity index is 1.87. The van der Waals surface area contributed by atoms with Gasteiger partial charge < -0.3 is 4.57 Å². The summed E-state index contributed by atoms with van der Waals surface area (Å²) < 4.78 is 4.06. The Morgan fingerprint density at radius 3 is 2.81 bits per heavy atom. The molecule has 0 saturated heterocycles. The summed E-state index contributed by atoms with van der Waals surface area (Å²) in [6.45, 7) is 5.64. The van der Waals surface area contributed by atoms with Gasteiger partial charge in [-0.2, -0.15) is 5.10 Å². The van der Waals surface area contributed by atoms with E-state index in [1.165, 1.54) is 0 Å². The van der Waals surface area contributed by atoms with Gasteiger partial charge in [-0.15, -0.1) is 11.6 Å². The van der Waals surface area contributed by atoms with Crippen molar-refractivity contribution in [2.45, 2.75) is 38.7 Å². The van der Waals surface area contributed by atoms with Crippen LogP contribution in [0, 0.1) is 6.92 Å². The molecule has 3 aromatic rings. The van der Waals surface area contributed by atoms with Crippen molar-refractivity contribution in [3.8, 4) is 0 Å². The third kappa shape index (κ3) is 2.93. The lowest BCUT2D eigenvalue weighted by Gasteiger charge is -2.10. The summed E-state index contributed by atoms with van der Waals surface area (Å²) >= 11 is 6.27. The molecule has 0 aliphatic rings. The van der Waals surface area contributed by atoms with Gasteiger partial charge in [-0.25, -0.2) is 9.97 Å². The molecular weight excluding hydrogens is 286 g/mol. The van der Waals surface area contributed by atoms with E-state index in [1.807, 2.05) is 42.9 Å². The van der Waals surface area contributed by atoms with Gasteiger partial charge in [0.05, 0.1) is 5.38 Å². The Bertz CT molecular complexity index is 730. The smallest absolute Gasteiger partial charge is 0.160 e. The van der Waals surface area contributed by atoms with Crippen LogP contribution in [0.3, 0.4) is 0 Å². The monoisotopic (exact) mass is 303 g/mol. The molecule has 5 nitrogen and oxygen atoms in total. The summed E-state index contributed by atoms with van der Waals surface area (Å²) in [6, 6.07) is 5.92. The second-order valence-corrected chi connectivity index (χ2v) is 5.81. The average Bonchev–Trinajstić information content (AvgIpc) is 3.07. The number of hydrogen-bond acceptors (Lipinski definition) is 3. The minimum absolute atomic E-state index is 0.135. The fourth-order valence-corrected chi connectivity index (χ4v) is 2.63. The number of nitrogens with zero attached hydrogens (tertiary/aromatic N) is 5. The van der Waals surface area contributed by atoms with E-state index in [9.17, 15) is 0 Å². The molecule has 0 bridgehead atoms. The Hall–Kier alpha value is -1.88. The lowest BCUT2D eigenvalue weighted by molar-refractivity contribution is 0.521. The SMILES string of the molecule is Cc1ccc2nc(C(C)Cl)n(CCCn3cccn3)c2n1. The molecule has 3 aromatic heterocycles. The number of alkyl halides is 1. The van der Waals surface area contributed by atoms with Crippen LogP contribution in [-0.2, 0) is 13.1 Å². The first-order valence-electron chi connectivity index (χ1n) is 7.10. The normalized spacial score (nSPS) is 12.9. The molecule has 3 rings (SSSR count). The molecule has 3 heterocycles. The van der Waals surface area contributed by atoms with Crippen LogP contribution in [0.25, 0.3) is 11.2 Å². The van der Waals surface area contributed by atoms with Gasteiger partial charge in [0.1, 0.15) is 11.3 Å². The zero-order valence-corrected chi connectivity index (χ0v) is 13.0. The van der Waals surface area contributed by atoms with Crippen LogP contribution in [0.4, 0.5) is 0 Å². The van der Waals surface area contributed by atoms with Gasteiger partial charge >= 0.3 is 0 Å². The largest absolute Gasteiger partial charge is 0.311 e. The topological polar surface area (TPSA) is 48.5 Å². The first-order chi connectivity index (χ1) is 10.1. The van der Waals surface area contributed by atoms with Crippen LogP contribution in [0.1, 0.15) is 30.2 Å². The predicted octanol–water partition coefficient (Wildman–Crippen LogP) is 3.33. The summed E-state index contributed by atoms with van der Waals surface area (Å²) in [7, 11) is 0. The van der Waals surface area contributed by atoms with E-state index < -0.39 is 0 Å². The lowest BCUT2D eigenvalue weighted by atomic mass is 10.3. The number of halogens is 1. The molecule has 0 saturated carbocycles. The van der Waals surface area contributed by atoms with E-state index in [0.29, 0.717) is 0 Å². The van der Waals surface area contributed by atoms with Gasteiger partial charge in [0.25, 0.3) is 0 Å². The van der Waals surface area contributed by atoms with E-state index >= 15 is 0 Å². The third-order valence-corrected chi connectivity index (χ3v) is 3.64. The van der Waals surface area contributed by atoms with Crippen molar-refractivity contribution in [1.82, 2.24) is 24.3 Å². The Morgan fingerprint density at radius 1 is 1.24 bits per heavy atom. The maximum absolute atomic E-state index is 6.27. The molecule has 0 radical (unpaired) electrons. The number of rotatable bonds is 5.